The van der Waals surface area contributed by atoms with Crippen LogP contribution in [0.5, 0.6) is 0 Å². The summed E-state index contributed by atoms with van der Waals surface area (Å²) in [6.45, 7) is 13.5. The Morgan fingerprint density at radius 3 is 1.02 bits per heavy atom. The van der Waals surface area contributed by atoms with Crippen LogP contribution < -0.4 is 75.4 Å². The molecule has 0 aromatic heterocycles. The van der Waals surface area contributed by atoms with Crippen LogP contribution >= 0.6 is 0 Å². The first-order chi connectivity index (χ1) is 26.1. The van der Waals surface area contributed by atoms with Gasteiger partial charge in [0.05, 0.1) is 16.1 Å². The first kappa shape index (κ1) is 53.0. The van der Waals surface area contributed by atoms with Gasteiger partial charge in [-0.1, -0.05) is 150 Å². The predicted molar refractivity (Wildman–Crippen MR) is 236 cm³/mol. The summed E-state index contributed by atoms with van der Waals surface area (Å²) in [6, 6.07) is 50.4. The standard InChI is InChI=1S/C52H50Si2.4Li/c1-7-21-49(51(47-27-17-11-18-28-47)41-53(3,4)37-35-43-23-13-9-14-24-43)39-45-31-33-46(34-32-45)40-50(22-8-2)52(48-29-19-12-20-30-48)42-54(5,6)38-36-44-25-15-10-16-26-44;;;;/h9-20,23-34H,7-8,21-22H2,1-6H3;;;;/q-4;4*+1. The van der Waals surface area contributed by atoms with Crippen molar-refractivity contribution < 1.29 is 75.4 Å². The van der Waals surface area contributed by atoms with E-state index in [1.54, 1.807) is 0 Å². The Bertz CT molecular complexity index is 2050. The summed E-state index contributed by atoms with van der Waals surface area (Å²) < 4.78 is 0. The van der Waals surface area contributed by atoms with Gasteiger partial charge in [-0.15, -0.1) is 35.4 Å². The Balaban J connectivity index is 0.00000420. The third-order valence-corrected chi connectivity index (χ3v) is 11.9. The summed E-state index contributed by atoms with van der Waals surface area (Å²) in [5, 5.41) is 0. The zero-order valence-electron chi connectivity index (χ0n) is 36.7. The fourth-order valence-electron chi connectivity index (χ4n) is 6.03. The molecule has 0 aliphatic carbocycles. The van der Waals surface area contributed by atoms with Crippen molar-refractivity contribution in [1.29, 1.82) is 0 Å². The molecule has 58 heavy (non-hydrogen) atoms. The number of hydrogen-bond donors (Lipinski definition) is 0. The number of benzene rings is 5. The molecule has 0 spiro atoms. The van der Waals surface area contributed by atoms with E-state index in [2.05, 4.69) is 196 Å². The molecule has 5 rings (SSSR count). The van der Waals surface area contributed by atoms with E-state index in [0.29, 0.717) is 0 Å². The molecule has 0 heterocycles. The molecule has 5 aromatic carbocycles. The van der Waals surface area contributed by atoms with Crippen LogP contribution in [0.25, 0.3) is 11.1 Å². The second-order valence-electron chi connectivity index (χ2n) is 14.5. The van der Waals surface area contributed by atoms with Gasteiger partial charge in [-0.05, 0) is 24.3 Å². The summed E-state index contributed by atoms with van der Waals surface area (Å²) in [6.07, 6.45) is 11.4. The number of allylic oxidation sites excluding steroid dienone is 4. The molecule has 270 valence electrons. The van der Waals surface area contributed by atoms with Gasteiger partial charge in [0.2, 0.25) is 0 Å². The predicted octanol–water partition coefficient (Wildman–Crippen LogP) is 0.909. The molecule has 0 N–H and O–H groups in total. The van der Waals surface area contributed by atoms with Gasteiger partial charge in [0.15, 0.2) is 0 Å². The van der Waals surface area contributed by atoms with Crippen molar-refractivity contribution in [3.05, 3.63) is 214 Å². The smallest absolute Gasteiger partial charge is 0.262 e. The summed E-state index contributed by atoms with van der Waals surface area (Å²) >= 11 is 0. The number of rotatable bonds is 12. The molecule has 0 aliphatic heterocycles. The van der Waals surface area contributed by atoms with E-state index < -0.39 is 16.1 Å². The molecule has 0 nitrogen and oxygen atoms in total. The van der Waals surface area contributed by atoms with Crippen LogP contribution in [0.1, 0.15) is 72.9 Å². The fraction of sp³-hybridized carbons (Fsp3) is 0.192. The molecule has 0 amide bonds. The van der Waals surface area contributed by atoms with Crippen LogP contribution in [-0.2, 0) is 0 Å². The van der Waals surface area contributed by atoms with E-state index in [1.807, 2.05) is 36.4 Å². The van der Waals surface area contributed by atoms with Gasteiger partial charge in [0, 0.05) is 11.1 Å². The second kappa shape index (κ2) is 27.0. The molecule has 6 heteroatoms. The summed E-state index contributed by atoms with van der Waals surface area (Å²) in [4.78, 5) is 0. The van der Waals surface area contributed by atoms with E-state index >= 15 is 0 Å². The molecule has 0 fully saturated rings. The van der Waals surface area contributed by atoms with Gasteiger partial charge < -0.3 is 0 Å². The quantitative estimate of drug-likeness (QED) is 0.0770. The van der Waals surface area contributed by atoms with Crippen molar-refractivity contribution >= 4 is 27.3 Å². The van der Waals surface area contributed by atoms with E-state index in [-0.39, 0.29) is 75.4 Å². The van der Waals surface area contributed by atoms with Crippen LogP contribution in [0, 0.1) is 46.5 Å². The molecule has 0 radical (unpaired) electrons. The Labute approximate surface area is 401 Å². The van der Waals surface area contributed by atoms with Crippen LogP contribution in [0.15, 0.2) is 157 Å². The Kier molecular flexibility index (Phi) is 24.7. The van der Waals surface area contributed by atoms with Crippen LogP contribution in [-0.4, -0.2) is 16.1 Å². The van der Waals surface area contributed by atoms with Crippen molar-refractivity contribution in [1.82, 2.24) is 0 Å². The average Bonchev–Trinajstić information content (AvgIpc) is 3.19. The zero-order chi connectivity index (χ0) is 38.2. The average molecular weight is 759 g/mol. The van der Waals surface area contributed by atoms with E-state index in [4.69, 9.17) is 0 Å². The Morgan fingerprint density at radius 2 is 0.724 bits per heavy atom. The van der Waals surface area contributed by atoms with Gasteiger partial charge >= 0.3 is 75.4 Å². The second-order valence-corrected chi connectivity index (χ2v) is 22.0. The summed E-state index contributed by atoms with van der Waals surface area (Å²) in [5.41, 5.74) is 26.2. The molecule has 5 aromatic rings. The molecule has 0 aliphatic rings. The summed E-state index contributed by atoms with van der Waals surface area (Å²) in [7, 11) is -4.38. The number of hydrogen-bond acceptors (Lipinski definition) is 0. The van der Waals surface area contributed by atoms with E-state index in [1.165, 1.54) is 0 Å². The third kappa shape index (κ3) is 17.3. The molecule has 0 bridgehead atoms. The summed E-state index contributed by atoms with van der Waals surface area (Å²) in [5.74, 6) is 6.85. The van der Waals surface area contributed by atoms with Crippen molar-refractivity contribution in [2.45, 2.75) is 65.7 Å². The monoisotopic (exact) mass is 758 g/mol. The molecule has 0 saturated heterocycles. The maximum Gasteiger partial charge on any atom is 1.00 e. The van der Waals surface area contributed by atoms with Crippen molar-refractivity contribution in [3.63, 3.8) is 0 Å². The molecule has 0 unspecified atom stereocenters. The fourth-order valence-corrected chi connectivity index (χ4v) is 8.91. The van der Waals surface area contributed by atoms with Crippen molar-refractivity contribution in [2.24, 2.45) is 0 Å². The van der Waals surface area contributed by atoms with Crippen molar-refractivity contribution in [2.75, 3.05) is 0 Å². The van der Waals surface area contributed by atoms with Crippen molar-refractivity contribution in [3.8, 4) is 22.9 Å². The van der Waals surface area contributed by atoms with E-state index in [9.17, 15) is 0 Å². The van der Waals surface area contributed by atoms with Gasteiger partial charge in [-0.25, -0.2) is 34.7 Å². The first-order valence-electron chi connectivity index (χ1n) is 19.1. The first-order valence-corrected chi connectivity index (χ1v) is 25.1. The van der Waals surface area contributed by atoms with Gasteiger partial charge in [-0.3, -0.25) is 11.1 Å². The van der Waals surface area contributed by atoms with Gasteiger partial charge in [-0.2, -0.15) is 46.5 Å². The third-order valence-electron chi connectivity index (χ3n) is 8.67. The van der Waals surface area contributed by atoms with Gasteiger partial charge in [0.1, 0.15) is 0 Å². The topological polar surface area (TPSA) is 0 Å². The molecule has 0 atom stereocenters. The maximum atomic E-state index is 3.95. The maximum absolute atomic E-state index is 3.95. The van der Waals surface area contributed by atoms with Gasteiger partial charge in [0.25, 0.3) is 0 Å². The Morgan fingerprint density at radius 1 is 0.431 bits per heavy atom. The molecular formula is C52H50Li4Si2. The Hall–Kier alpha value is -3.00. The van der Waals surface area contributed by atoms with E-state index in [0.717, 1.165) is 81.4 Å². The SMILES string of the molecule is CCCC(=[C-]c1ccc([C-]=C(CCC)C(=[C-][Si](C)(C)C#Cc2ccccc2)c2ccccc2)cc1)C(=[C-][Si](C)(C)C#Cc1ccccc1)c1ccccc1.[Li+].[Li+].[Li+].[Li+]. The minimum absolute atomic E-state index is 0. The van der Waals surface area contributed by atoms with Crippen LogP contribution in [0.2, 0.25) is 26.2 Å². The van der Waals surface area contributed by atoms with Crippen LogP contribution in [0.4, 0.5) is 0 Å². The minimum Gasteiger partial charge on any atom is -0.262 e. The van der Waals surface area contributed by atoms with Crippen LogP contribution in [0.3, 0.4) is 0 Å². The minimum atomic E-state index is -2.19. The molecule has 0 saturated carbocycles. The largest absolute Gasteiger partial charge is 1.00 e. The molecular weight excluding hydrogens is 709 g/mol. The normalized spacial score (nSPS) is 11.8. The zero-order valence-corrected chi connectivity index (χ0v) is 38.7.